The molecule has 0 saturated heterocycles. The second-order valence-corrected chi connectivity index (χ2v) is 1.07. The highest BCUT2D eigenvalue weighted by Gasteiger charge is 1.97. The van der Waals surface area contributed by atoms with Crippen LogP contribution in [-0.2, 0) is 4.79 Å². The van der Waals surface area contributed by atoms with Gasteiger partial charge < -0.3 is 20.7 Å². The number of carbonyl (C=O) groups excluding carboxylic acids is 1. The molecule has 0 aliphatic carbocycles. The van der Waals surface area contributed by atoms with Crippen LogP contribution in [0.4, 0.5) is 0 Å². The van der Waals surface area contributed by atoms with E-state index in [4.69, 9.17) is 10.8 Å². The second kappa shape index (κ2) is 2.54. The van der Waals surface area contributed by atoms with E-state index in [0.717, 1.165) is 0 Å². The number of hydrogen-bond acceptors (Lipinski definition) is 4. The van der Waals surface area contributed by atoms with Gasteiger partial charge in [0.1, 0.15) is 6.10 Å². The molecule has 1 atom stereocenters. The summed E-state index contributed by atoms with van der Waals surface area (Å²) in [6, 6.07) is 0. The Morgan fingerprint density at radius 1 is 2.00 bits per heavy atom. The highest BCUT2D eigenvalue weighted by Crippen LogP contribution is 1.69. The Balaban J connectivity index is 3.34. The van der Waals surface area contributed by atoms with E-state index in [9.17, 15) is 9.90 Å². The molecule has 42 valence electrons. The molecule has 1 unspecified atom stereocenters. The number of carbonyl (C=O) groups is 1. The zero-order valence-corrected chi connectivity index (χ0v) is 3.63. The number of carboxylic acids is 1. The van der Waals surface area contributed by atoms with Crippen LogP contribution in [0.2, 0.25) is 0 Å². The molecule has 0 amide bonds. The molecule has 3 N–H and O–H groups in total. The molecule has 4 nitrogen and oxygen atoms in total. The third-order valence-corrected chi connectivity index (χ3v) is 0.495. The van der Waals surface area contributed by atoms with Gasteiger partial charge in [0.2, 0.25) is 0 Å². The molecule has 0 aromatic heterocycles. The summed E-state index contributed by atoms with van der Waals surface area (Å²) in [5.41, 5.74) is 4.70. The monoisotopic (exact) mass is 104 g/mol. The maximum absolute atomic E-state index is 9.49. The Kier molecular flexibility index (Phi) is 2.32. The van der Waals surface area contributed by atoms with Gasteiger partial charge in [0.15, 0.2) is 0 Å². The summed E-state index contributed by atoms with van der Waals surface area (Å²) in [7, 11) is 0. The Morgan fingerprint density at radius 2 is 2.43 bits per heavy atom. The number of nitrogens with two attached hydrogens (primary N) is 1. The lowest BCUT2D eigenvalue weighted by molar-refractivity contribution is -0.314. The van der Waals surface area contributed by atoms with Crippen molar-refractivity contribution in [3.63, 3.8) is 0 Å². The van der Waals surface area contributed by atoms with E-state index in [2.05, 4.69) is 0 Å². The van der Waals surface area contributed by atoms with Crippen LogP contribution in [0.3, 0.4) is 0 Å². The molecule has 7 heavy (non-hydrogen) atoms. The van der Waals surface area contributed by atoms with Gasteiger partial charge in [-0.25, -0.2) is 0 Å². The fourth-order valence-corrected chi connectivity index (χ4v) is 0.0962. The van der Waals surface area contributed by atoms with Crippen molar-refractivity contribution < 1.29 is 15.0 Å². The molecular weight excluding hydrogens is 98.0 g/mol. The molecule has 0 heterocycles. The molecule has 0 aromatic rings. The van der Waals surface area contributed by atoms with Crippen LogP contribution in [0.15, 0.2) is 0 Å². The first-order chi connectivity index (χ1) is 3.18. The summed E-state index contributed by atoms with van der Waals surface area (Å²) in [5.74, 6) is -1.53. The van der Waals surface area contributed by atoms with Gasteiger partial charge >= 0.3 is 0 Å². The third-order valence-electron chi connectivity index (χ3n) is 0.495. The summed E-state index contributed by atoms with van der Waals surface area (Å²) < 4.78 is 0. The van der Waals surface area contributed by atoms with E-state index in [1.54, 1.807) is 0 Å². The Bertz CT molecular complexity index is 72.6. The minimum absolute atomic E-state index is 0.289. The molecule has 0 aliphatic heterocycles. The second-order valence-electron chi connectivity index (χ2n) is 1.07. The number of rotatable bonds is 2. The first kappa shape index (κ1) is 6.39. The summed E-state index contributed by atoms with van der Waals surface area (Å²) in [5, 5.41) is 17.6. The van der Waals surface area contributed by atoms with Crippen molar-refractivity contribution in [1.29, 1.82) is 0 Å². The average molecular weight is 104 g/mol. The lowest BCUT2D eigenvalue weighted by Crippen LogP contribution is -2.40. The number of hydrogen-bond donors (Lipinski definition) is 2. The van der Waals surface area contributed by atoms with E-state index in [-0.39, 0.29) is 6.54 Å². The lowest BCUT2D eigenvalue weighted by Gasteiger charge is -2.05. The first-order valence-electron chi connectivity index (χ1n) is 1.77. The van der Waals surface area contributed by atoms with Crippen molar-refractivity contribution in [2.24, 2.45) is 5.73 Å². The number of carboxylic acid groups (broad SMARTS) is 1. The normalized spacial score (nSPS) is 13.4. The summed E-state index contributed by atoms with van der Waals surface area (Å²) >= 11 is 0. The van der Waals surface area contributed by atoms with E-state index in [1.807, 2.05) is 0 Å². The van der Waals surface area contributed by atoms with Crippen LogP contribution in [0.5, 0.6) is 0 Å². The standard InChI is InChI=1S/C3H7NO3/c4-1-2(5)3(6)7/h2,5H,1,4H2,(H,6,7)/p-1. The van der Waals surface area contributed by atoms with Crippen LogP contribution in [0.25, 0.3) is 0 Å². The van der Waals surface area contributed by atoms with Crippen molar-refractivity contribution >= 4 is 5.97 Å². The highest BCUT2D eigenvalue weighted by atomic mass is 16.4. The molecule has 0 fully saturated rings. The van der Waals surface area contributed by atoms with E-state index in [0.29, 0.717) is 0 Å². The van der Waals surface area contributed by atoms with Gasteiger partial charge in [0.05, 0.1) is 5.97 Å². The van der Waals surface area contributed by atoms with Crippen molar-refractivity contribution in [3.05, 3.63) is 0 Å². The van der Waals surface area contributed by atoms with Crippen molar-refractivity contribution in [2.75, 3.05) is 6.54 Å². The summed E-state index contributed by atoms with van der Waals surface area (Å²) in [4.78, 5) is 9.49. The van der Waals surface area contributed by atoms with Gasteiger partial charge in [-0.2, -0.15) is 0 Å². The fourth-order valence-electron chi connectivity index (χ4n) is 0.0962. The Morgan fingerprint density at radius 3 is 2.43 bits per heavy atom. The molecular formula is C3H6NO3-. The van der Waals surface area contributed by atoms with Gasteiger partial charge in [-0.3, -0.25) is 0 Å². The molecule has 4 heteroatoms. The molecule has 0 aliphatic rings. The number of aliphatic hydroxyl groups excluding tert-OH is 1. The summed E-state index contributed by atoms with van der Waals surface area (Å²) in [6.45, 7) is -0.289. The Hall–Kier alpha value is -0.610. The molecule has 0 bridgehead atoms. The zero-order valence-electron chi connectivity index (χ0n) is 3.63. The largest absolute Gasteiger partial charge is 0.547 e. The first-order valence-corrected chi connectivity index (χ1v) is 1.77. The number of aliphatic hydroxyl groups is 1. The molecule has 0 aromatic carbocycles. The minimum atomic E-state index is -1.53. The average Bonchev–Trinajstić information content (AvgIpc) is 1.65. The van der Waals surface area contributed by atoms with Crippen LogP contribution >= 0.6 is 0 Å². The molecule has 0 spiro atoms. The van der Waals surface area contributed by atoms with E-state index < -0.39 is 12.1 Å². The van der Waals surface area contributed by atoms with Crippen molar-refractivity contribution in [1.82, 2.24) is 0 Å². The zero-order chi connectivity index (χ0) is 5.86. The fraction of sp³-hybridized carbons (Fsp3) is 0.667. The minimum Gasteiger partial charge on any atom is -0.547 e. The van der Waals surface area contributed by atoms with Gasteiger partial charge in [-0.05, 0) is 0 Å². The van der Waals surface area contributed by atoms with Crippen LogP contribution < -0.4 is 10.8 Å². The smallest absolute Gasteiger partial charge is 0.105 e. The van der Waals surface area contributed by atoms with Crippen LogP contribution in [0.1, 0.15) is 0 Å². The van der Waals surface area contributed by atoms with Gasteiger partial charge in [0, 0.05) is 6.54 Å². The van der Waals surface area contributed by atoms with Crippen molar-refractivity contribution in [3.8, 4) is 0 Å². The van der Waals surface area contributed by atoms with Gasteiger partial charge in [0.25, 0.3) is 0 Å². The quantitative estimate of drug-likeness (QED) is 0.392. The van der Waals surface area contributed by atoms with Crippen LogP contribution in [0, 0.1) is 0 Å². The summed E-state index contributed by atoms with van der Waals surface area (Å²) in [6.07, 6.45) is -1.51. The maximum atomic E-state index is 9.49. The lowest BCUT2D eigenvalue weighted by atomic mass is 10.4. The predicted octanol–water partition coefficient (Wildman–Crippen LogP) is -2.94. The Labute approximate surface area is 40.6 Å². The van der Waals surface area contributed by atoms with Crippen LogP contribution in [-0.4, -0.2) is 23.7 Å². The topological polar surface area (TPSA) is 86.4 Å². The SMILES string of the molecule is NCC(O)C(=O)[O-]. The van der Waals surface area contributed by atoms with E-state index >= 15 is 0 Å². The molecule has 0 rings (SSSR count). The van der Waals surface area contributed by atoms with Crippen molar-refractivity contribution in [2.45, 2.75) is 6.10 Å². The maximum Gasteiger partial charge on any atom is 0.105 e. The predicted molar refractivity (Wildman–Crippen MR) is 20.1 cm³/mol. The van der Waals surface area contributed by atoms with E-state index in [1.165, 1.54) is 0 Å². The molecule has 0 saturated carbocycles. The highest BCUT2D eigenvalue weighted by molar-refractivity contribution is 5.69. The third kappa shape index (κ3) is 2.13. The number of aliphatic carboxylic acids is 1. The van der Waals surface area contributed by atoms with Gasteiger partial charge in [-0.1, -0.05) is 0 Å². The van der Waals surface area contributed by atoms with Gasteiger partial charge in [-0.15, -0.1) is 0 Å². The molecule has 0 radical (unpaired) electrons.